The lowest BCUT2D eigenvalue weighted by Gasteiger charge is -2.38. The van der Waals surface area contributed by atoms with E-state index >= 15 is 0 Å². The Morgan fingerprint density at radius 3 is 2.36 bits per heavy atom. The second kappa shape index (κ2) is 13.7. The number of unbranched alkanes of at least 4 members (excludes halogenated alkanes) is 1. The normalized spacial score (nSPS) is 28.4. The quantitative estimate of drug-likeness (QED) is 0.224. The highest BCUT2D eigenvalue weighted by atomic mass is 16.1. The molecular weight excluding hydrogens is 480 g/mol. The SMILES string of the molecule is Cc1cc(C)nc([C@H]2CCCCC(C(=O)CCCC[C@H]3C[C@H]4CC[C@@H](C3)N4CC(=O)/C=C/C(C)(C)C)CC2)c1. The van der Waals surface area contributed by atoms with Crippen LogP contribution in [0.4, 0.5) is 0 Å². The van der Waals surface area contributed by atoms with E-state index in [-0.39, 0.29) is 17.1 Å². The van der Waals surface area contributed by atoms with E-state index in [1.165, 1.54) is 69.0 Å². The zero-order chi connectivity index (χ0) is 28.0. The lowest BCUT2D eigenvalue weighted by atomic mass is 9.80. The number of carbonyl (C=O) groups excluding carboxylic acids is 2. The maximum Gasteiger partial charge on any atom is 0.169 e. The van der Waals surface area contributed by atoms with E-state index in [1.807, 2.05) is 6.08 Å². The molecular formula is C35H54N2O2. The molecule has 0 spiro atoms. The van der Waals surface area contributed by atoms with Crippen LogP contribution in [0.2, 0.25) is 0 Å². The van der Waals surface area contributed by atoms with Crippen molar-refractivity contribution in [2.24, 2.45) is 17.3 Å². The van der Waals surface area contributed by atoms with Gasteiger partial charge in [-0.2, -0.15) is 0 Å². The first kappa shape index (κ1) is 30.2. The Labute approximate surface area is 238 Å². The molecule has 2 aliphatic heterocycles. The number of nitrogens with zero attached hydrogens (tertiary/aromatic N) is 2. The van der Waals surface area contributed by atoms with Crippen molar-refractivity contribution in [3.05, 3.63) is 41.2 Å². The third kappa shape index (κ3) is 9.10. The number of carbonyl (C=O) groups is 2. The fourth-order valence-electron chi connectivity index (χ4n) is 7.56. The first-order valence-corrected chi connectivity index (χ1v) is 16.0. The maximum absolute atomic E-state index is 13.2. The van der Waals surface area contributed by atoms with Crippen LogP contribution in [0.3, 0.4) is 0 Å². The van der Waals surface area contributed by atoms with E-state index in [9.17, 15) is 9.59 Å². The van der Waals surface area contributed by atoms with Crippen molar-refractivity contribution in [1.29, 1.82) is 0 Å². The minimum atomic E-state index is 0.0546. The number of ketones is 2. The van der Waals surface area contributed by atoms with E-state index in [2.05, 4.69) is 51.7 Å². The molecule has 1 aromatic heterocycles. The van der Waals surface area contributed by atoms with E-state index < -0.39 is 0 Å². The zero-order valence-electron chi connectivity index (χ0n) is 25.5. The lowest BCUT2D eigenvalue weighted by molar-refractivity contribution is -0.123. The standard InChI is InChI=1S/C35H54N2O2/c1-25-20-26(2)36-33(21-25)28-11-7-8-12-29(15-14-28)34(39)13-9-6-10-27-22-30-16-17-31(23-27)37(30)24-32(38)18-19-35(3,4)5/h18-21,27-31H,6-17,22-24H2,1-5H3/b19-18+/t27-,28-,29?,30+,31-/m0/s1. The van der Waals surface area contributed by atoms with Crippen LogP contribution in [0, 0.1) is 31.1 Å². The van der Waals surface area contributed by atoms with Crippen molar-refractivity contribution in [3.8, 4) is 0 Å². The summed E-state index contributed by atoms with van der Waals surface area (Å²) in [6.45, 7) is 11.3. The van der Waals surface area contributed by atoms with Gasteiger partial charge in [0.2, 0.25) is 0 Å². The summed E-state index contributed by atoms with van der Waals surface area (Å²) in [6.07, 6.45) is 19.8. The highest BCUT2D eigenvalue weighted by molar-refractivity contribution is 5.91. The van der Waals surface area contributed by atoms with Gasteiger partial charge in [0, 0.05) is 41.7 Å². The summed E-state index contributed by atoms with van der Waals surface area (Å²) in [7, 11) is 0. The van der Waals surface area contributed by atoms with Crippen molar-refractivity contribution in [2.75, 3.05) is 6.54 Å². The van der Waals surface area contributed by atoms with Gasteiger partial charge in [-0.05, 0) is 107 Å². The van der Waals surface area contributed by atoms with E-state index in [4.69, 9.17) is 4.98 Å². The molecule has 39 heavy (non-hydrogen) atoms. The number of hydrogen-bond acceptors (Lipinski definition) is 4. The molecule has 3 fully saturated rings. The monoisotopic (exact) mass is 534 g/mol. The number of aryl methyl sites for hydroxylation is 2. The number of fused-ring (bicyclic) bond motifs is 2. The Morgan fingerprint density at radius 2 is 1.67 bits per heavy atom. The second-order valence-corrected chi connectivity index (χ2v) is 14.2. The summed E-state index contributed by atoms with van der Waals surface area (Å²) >= 11 is 0. The van der Waals surface area contributed by atoms with Crippen molar-refractivity contribution in [2.45, 2.75) is 143 Å². The number of Topliss-reactive ketones (excluding diaryl/α,β-unsaturated/α-hetero) is 1. The number of hydrogen-bond donors (Lipinski definition) is 0. The molecule has 0 amide bonds. The van der Waals surface area contributed by atoms with Crippen LogP contribution in [0.15, 0.2) is 24.3 Å². The highest BCUT2D eigenvalue weighted by Crippen LogP contribution is 2.40. The molecule has 216 valence electrons. The third-order valence-electron chi connectivity index (χ3n) is 9.59. The van der Waals surface area contributed by atoms with Crippen LogP contribution in [-0.4, -0.2) is 40.1 Å². The van der Waals surface area contributed by atoms with Gasteiger partial charge in [0.15, 0.2) is 5.78 Å². The Kier molecular flexibility index (Phi) is 10.6. The molecule has 3 heterocycles. The van der Waals surface area contributed by atoms with Crippen molar-refractivity contribution in [3.63, 3.8) is 0 Å². The average Bonchev–Trinajstić information content (AvgIpc) is 3.06. The topological polar surface area (TPSA) is 50.3 Å². The van der Waals surface area contributed by atoms with Gasteiger partial charge < -0.3 is 0 Å². The minimum absolute atomic E-state index is 0.0546. The maximum atomic E-state index is 13.2. The van der Waals surface area contributed by atoms with Gasteiger partial charge in [0.05, 0.1) is 6.54 Å². The molecule has 4 heteroatoms. The van der Waals surface area contributed by atoms with E-state index in [1.54, 1.807) is 6.08 Å². The molecule has 4 nitrogen and oxygen atoms in total. The fourth-order valence-corrected chi connectivity index (χ4v) is 7.56. The van der Waals surface area contributed by atoms with Crippen LogP contribution in [0.1, 0.15) is 134 Å². The first-order valence-electron chi connectivity index (χ1n) is 16.0. The van der Waals surface area contributed by atoms with E-state index in [0.29, 0.717) is 30.3 Å². The van der Waals surface area contributed by atoms with Crippen LogP contribution in [-0.2, 0) is 9.59 Å². The second-order valence-electron chi connectivity index (χ2n) is 14.2. The number of rotatable bonds is 10. The molecule has 1 aromatic rings. The van der Waals surface area contributed by atoms with Crippen LogP contribution in [0.25, 0.3) is 0 Å². The molecule has 2 bridgehead atoms. The van der Waals surface area contributed by atoms with Gasteiger partial charge in [-0.25, -0.2) is 0 Å². The molecule has 4 rings (SSSR count). The van der Waals surface area contributed by atoms with Gasteiger partial charge in [-0.1, -0.05) is 52.5 Å². The summed E-state index contributed by atoms with van der Waals surface area (Å²) in [5, 5.41) is 0. The smallest absolute Gasteiger partial charge is 0.169 e. The lowest BCUT2D eigenvalue weighted by Crippen LogP contribution is -2.45. The van der Waals surface area contributed by atoms with Crippen LogP contribution >= 0.6 is 0 Å². The zero-order valence-corrected chi connectivity index (χ0v) is 25.5. The summed E-state index contributed by atoms with van der Waals surface area (Å²) < 4.78 is 0. The van der Waals surface area contributed by atoms with Gasteiger partial charge in [0.1, 0.15) is 5.78 Å². The summed E-state index contributed by atoms with van der Waals surface area (Å²) in [6, 6.07) is 5.57. The molecule has 5 atom stereocenters. The average molecular weight is 535 g/mol. The molecule has 1 unspecified atom stereocenters. The van der Waals surface area contributed by atoms with Crippen molar-refractivity contribution in [1.82, 2.24) is 9.88 Å². The molecule has 0 radical (unpaired) electrons. The van der Waals surface area contributed by atoms with Gasteiger partial charge in [-0.3, -0.25) is 19.5 Å². The minimum Gasteiger partial charge on any atom is -0.299 e. The largest absolute Gasteiger partial charge is 0.299 e. The Balaban J connectivity index is 1.17. The number of aromatic nitrogens is 1. The first-order chi connectivity index (χ1) is 18.6. The van der Waals surface area contributed by atoms with Gasteiger partial charge in [0.25, 0.3) is 0 Å². The van der Waals surface area contributed by atoms with Crippen LogP contribution in [0.5, 0.6) is 0 Å². The Hall–Kier alpha value is -1.81. The molecule has 1 aliphatic carbocycles. The molecule has 0 N–H and O–H groups in total. The molecule has 1 saturated carbocycles. The summed E-state index contributed by atoms with van der Waals surface area (Å²) in [4.78, 5) is 33.1. The van der Waals surface area contributed by atoms with Crippen LogP contribution < -0.4 is 0 Å². The molecule has 3 aliphatic rings. The highest BCUT2D eigenvalue weighted by Gasteiger charge is 2.40. The van der Waals surface area contributed by atoms with Gasteiger partial charge >= 0.3 is 0 Å². The molecule has 2 saturated heterocycles. The molecule has 0 aromatic carbocycles. The Bertz CT molecular complexity index is 972. The summed E-state index contributed by atoms with van der Waals surface area (Å²) in [5.41, 5.74) is 3.71. The van der Waals surface area contributed by atoms with E-state index in [0.717, 1.165) is 43.7 Å². The summed E-state index contributed by atoms with van der Waals surface area (Å²) in [5.74, 6) is 2.29. The number of allylic oxidation sites excluding steroid dienone is 1. The van der Waals surface area contributed by atoms with Crippen molar-refractivity contribution < 1.29 is 9.59 Å². The number of piperidine rings is 1. The van der Waals surface area contributed by atoms with Crippen molar-refractivity contribution >= 4 is 11.6 Å². The Morgan fingerprint density at radius 1 is 0.949 bits per heavy atom. The predicted octanol–water partition coefficient (Wildman–Crippen LogP) is 8.30. The number of pyridine rings is 1. The predicted molar refractivity (Wildman–Crippen MR) is 161 cm³/mol. The fraction of sp³-hybridized carbons (Fsp3) is 0.743. The van der Waals surface area contributed by atoms with Gasteiger partial charge in [-0.15, -0.1) is 0 Å². The third-order valence-corrected chi connectivity index (χ3v) is 9.59.